The molecular weight excluding hydrogens is 372 g/mol. The van der Waals surface area contributed by atoms with Gasteiger partial charge in [-0.1, -0.05) is 39.0 Å². The predicted molar refractivity (Wildman–Crippen MR) is 117 cm³/mol. The third-order valence-corrected chi connectivity index (χ3v) is 7.45. The summed E-state index contributed by atoms with van der Waals surface area (Å²) in [5.41, 5.74) is 4.60. The first-order chi connectivity index (χ1) is 12.7. The van der Waals surface area contributed by atoms with E-state index in [1.165, 1.54) is 10.4 Å². The van der Waals surface area contributed by atoms with E-state index in [1.54, 1.807) is 15.9 Å². The number of aromatic nitrogens is 2. The lowest BCUT2D eigenvalue weighted by Crippen LogP contribution is -2.27. The molecule has 1 atom stereocenters. The lowest BCUT2D eigenvalue weighted by Gasteiger charge is -2.33. The van der Waals surface area contributed by atoms with Gasteiger partial charge < -0.3 is 4.98 Å². The number of thiophene rings is 1. The van der Waals surface area contributed by atoms with Crippen LogP contribution in [0.15, 0.2) is 23.0 Å². The molecule has 27 heavy (non-hydrogen) atoms. The Labute approximate surface area is 169 Å². The van der Waals surface area contributed by atoms with Gasteiger partial charge in [0.2, 0.25) is 0 Å². The third-order valence-electron chi connectivity index (χ3n) is 5.99. The number of rotatable bonds is 1. The van der Waals surface area contributed by atoms with Crippen molar-refractivity contribution in [1.82, 2.24) is 9.55 Å². The lowest BCUT2D eigenvalue weighted by molar-refractivity contribution is 0.218. The first-order valence-electron chi connectivity index (χ1n) is 9.54. The highest BCUT2D eigenvalue weighted by Gasteiger charge is 2.31. The number of H-pyrrole nitrogens is 1. The molecule has 5 heteroatoms. The highest BCUT2D eigenvalue weighted by Crippen LogP contribution is 2.42. The number of hydrogen-bond donors (Lipinski definition) is 1. The number of nitrogens with one attached hydrogen (secondary N) is 1. The second-order valence-electron chi connectivity index (χ2n) is 8.82. The molecule has 2 heterocycles. The topological polar surface area (TPSA) is 37.8 Å². The monoisotopic (exact) mass is 398 g/mol. The number of benzene rings is 1. The molecule has 3 nitrogen and oxygen atoms in total. The van der Waals surface area contributed by atoms with Crippen molar-refractivity contribution in [1.29, 1.82) is 0 Å². The van der Waals surface area contributed by atoms with Crippen molar-refractivity contribution < 1.29 is 0 Å². The second kappa shape index (κ2) is 6.42. The van der Waals surface area contributed by atoms with Crippen LogP contribution in [0.5, 0.6) is 0 Å². The normalized spacial score (nSPS) is 17.3. The minimum atomic E-state index is 0.0258. The van der Waals surface area contributed by atoms with Gasteiger partial charge in [0.15, 0.2) is 4.77 Å². The summed E-state index contributed by atoms with van der Waals surface area (Å²) < 4.78 is 2.18. The van der Waals surface area contributed by atoms with Crippen molar-refractivity contribution in [2.24, 2.45) is 11.3 Å². The van der Waals surface area contributed by atoms with E-state index < -0.39 is 0 Å². The van der Waals surface area contributed by atoms with Gasteiger partial charge in [0.25, 0.3) is 5.56 Å². The molecule has 0 aliphatic heterocycles. The molecule has 2 aromatic heterocycles. The molecule has 1 aliphatic rings. The van der Waals surface area contributed by atoms with Crippen molar-refractivity contribution in [3.05, 3.63) is 54.9 Å². The smallest absolute Gasteiger partial charge is 0.267 e. The van der Waals surface area contributed by atoms with Crippen molar-refractivity contribution in [3.8, 4) is 5.69 Å². The van der Waals surface area contributed by atoms with E-state index in [1.807, 2.05) is 32.0 Å². The summed E-state index contributed by atoms with van der Waals surface area (Å²) in [5, 5.41) is 0.846. The molecule has 1 aromatic carbocycles. The van der Waals surface area contributed by atoms with Gasteiger partial charge in [-0.3, -0.25) is 9.36 Å². The summed E-state index contributed by atoms with van der Waals surface area (Å²) in [5.74, 6) is 0.655. The summed E-state index contributed by atoms with van der Waals surface area (Å²) >= 11 is 7.33. The van der Waals surface area contributed by atoms with Crippen molar-refractivity contribution in [3.63, 3.8) is 0 Å². The summed E-state index contributed by atoms with van der Waals surface area (Å²) in [4.78, 5) is 19.2. The minimum absolute atomic E-state index is 0.0258. The van der Waals surface area contributed by atoms with Crippen LogP contribution in [-0.2, 0) is 12.8 Å². The summed E-state index contributed by atoms with van der Waals surface area (Å²) in [7, 11) is 0. The molecule has 3 aromatic rings. The predicted octanol–water partition coefficient (Wildman–Crippen LogP) is 5.88. The SMILES string of the molecule is Cc1cccc(C)c1-n1c(=S)[nH]c2sc3c(c2c1=O)CC[C@@H](C(C)(C)C)C3. The third kappa shape index (κ3) is 3.01. The molecule has 0 bridgehead atoms. The summed E-state index contributed by atoms with van der Waals surface area (Å²) in [6.45, 7) is 11.0. The zero-order chi connectivity index (χ0) is 19.5. The fourth-order valence-electron chi connectivity index (χ4n) is 4.36. The molecule has 1 aliphatic carbocycles. The highest BCUT2D eigenvalue weighted by molar-refractivity contribution is 7.71. The van der Waals surface area contributed by atoms with E-state index in [4.69, 9.17) is 12.2 Å². The Morgan fingerprint density at radius 2 is 1.89 bits per heavy atom. The van der Waals surface area contributed by atoms with Crippen molar-refractivity contribution in [2.75, 3.05) is 0 Å². The number of aromatic amines is 1. The van der Waals surface area contributed by atoms with Crippen molar-refractivity contribution in [2.45, 2.75) is 53.9 Å². The summed E-state index contributed by atoms with van der Waals surface area (Å²) in [6, 6.07) is 6.08. The maximum atomic E-state index is 13.5. The van der Waals surface area contributed by atoms with Gasteiger partial charge in [0.1, 0.15) is 4.83 Å². The molecule has 0 spiro atoms. The quantitative estimate of drug-likeness (QED) is 0.520. The molecule has 0 fully saturated rings. The zero-order valence-corrected chi connectivity index (χ0v) is 18.2. The van der Waals surface area contributed by atoms with E-state index in [2.05, 4.69) is 25.8 Å². The largest absolute Gasteiger partial charge is 0.323 e. The lowest BCUT2D eigenvalue weighted by atomic mass is 9.72. The number of hydrogen-bond acceptors (Lipinski definition) is 3. The molecule has 4 rings (SSSR count). The number of fused-ring (bicyclic) bond motifs is 3. The Bertz CT molecular complexity index is 1140. The highest BCUT2D eigenvalue weighted by atomic mass is 32.1. The zero-order valence-electron chi connectivity index (χ0n) is 16.6. The number of aryl methyl sites for hydroxylation is 3. The molecule has 0 radical (unpaired) electrons. The molecule has 0 unspecified atom stereocenters. The van der Waals surface area contributed by atoms with Crippen LogP contribution in [0.4, 0.5) is 0 Å². The standard InChI is InChI=1S/C22H26N2OS2/c1-12-7-6-8-13(2)18(12)24-20(25)17-15-10-9-14(22(3,4)5)11-16(15)27-19(17)23-21(24)26/h6-8,14H,9-11H2,1-5H3,(H,23,26)/t14-/m1/s1. The first kappa shape index (κ1) is 18.6. The number of para-hydroxylation sites is 1. The average molecular weight is 399 g/mol. The Balaban J connectivity index is 1.97. The van der Waals surface area contributed by atoms with Crippen LogP contribution in [0, 0.1) is 30.0 Å². The summed E-state index contributed by atoms with van der Waals surface area (Å²) in [6.07, 6.45) is 3.17. The second-order valence-corrected chi connectivity index (χ2v) is 10.3. The van der Waals surface area contributed by atoms with Gasteiger partial charge in [0, 0.05) is 4.88 Å². The Kier molecular flexibility index (Phi) is 4.43. The average Bonchev–Trinajstić information content (AvgIpc) is 2.93. The van der Waals surface area contributed by atoms with E-state index in [-0.39, 0.29) is 5.56 Å². The van der Waals surface area contributed by atoms with Crippen LogP contribution >= 0.6 is 23.6 Å². The first-order valence-corrected chi connectivity index (χ1v) is 10.8. The molecule has 1 N–H and O–H groups in total. The fraction of sp³-hybridized carbons (Fsp3) is 0.455. The van der Waals surface area contributed by atoms with Gasteiger partial charge in [-0.15, -0.1) is 11.3 Å². The van der Waals surface area contributed by atoms with Gasteiger partial charge in [-0.05, 0) is 73.4 Å². The Morgan fingerprint density at radius 1 is 1.22 bits per heavy atom. The van der Waals surface area contributed by atoms with Crippen LogP contribution in [0.2, 0.25) is 0 Å². The molecule has 142 valence electrons. The fourth-order valence-corrected chi connectivity index (χ4v) is 6.02. The van der Waals surface area contributed by atoms with Crippen LogP contribution in [0.25, 0.3) is 15.9 Å². The minimum Gasteiger partial charge on any atom is -0.323 e. The van der Waals surface area contributed by atoms with Crippen LogP contribution in [0.1, 0.15) is 48.8 Å². The van der Waals surface area contributed by atoms with Crippen molar-refractivity contribution >= 4 is 33.8 Å². The van der Waals surface area contributed by atoms with Gasteiger partial charge in [0.05, 0.1) is 11.1 Å². The Hall–Kier alpha value is -1.72. The van der Waals surface area contributed by atoms with Crippen LogP contribution in [0.3, 0.4) is 0 Å². The maximum absolute atomic E-state index is 13.5. The van der Waals surface area contributed by atoms with Gasteiger partial charge >= 0.3 is 0 Å². The van der Waals surface area contributed by atoms with Crippen LogP contribution < -0.4 is 5.56 Å². The molecule has 0 saturated carbocycles. The maximum Gasteiger partial charge on any atom is 0.267 e. The Morgan fingerprint density at radius 3 is 2.52 bits per heavy atom. The van der Waals surface area contributed by atoms with Gasteiger partial charge in [-0.2, -0.15) is 0 Å². The van der Waals surface area contributed by atoms with Crippen LogP contribution in [-0.4, -0.2) is 9.55 Å². The van der Waals surface area contributed by atoms with E-state index >= 15 is 0 Å². The molecule has 0 saturated heterocycles. The van der Waals surface area contributed by atoms with E-state index in [9.17, 15) is 4.79 Å². The molecular formula is C22H26N2OS2. The van der Waals surface area contributed by atoms with E-state index in [0.717, 1.165) is 46.3 Å². The van der Waals surface area contributed by atoms with E-state index in [0.29, 0.717) is 16.1 Å². The van der Waals surface area contributed by atoms with Gasteiger partial charge in [-0.25, -0.2) is 0 Å². The molecule has 0 amide bonds. The number of nitrogens with zero attached hydrogens (tertiary/aromatic N) is 1.